The van der Waals surface area contributed by atoms with E-state index in [-0.39, 0.29) is 0 Å². The highest BCUT2D eigenvalue weighted by Crippen LogP contribution is 2.19. The van der Waals surface area contributed by atoms with Crippen LogP contribution in [-0.2, 0) is 0 Å². The van der Waals surface area contributed by atoms with Gasteiger partial charge in [0.05, 0.1) is 6.20 Å². The molecule has 0 aliphatic carbocycles. The van der Waals surface area contributed by atoms with Crippen LogP contribution in [0.2, 0.25) is 5.15 Å². The van der Waals surface area contributed by atoms with E-state index in [2.05, 4.69) is 19.9 Å². The Morgan fingerprint density at radius 3 is 2.71 bits per heavy atom. The lowest BCUT2D eigenvalue weighted by atomic mass is 10.1. The molecule has 88 valence electrons. The van der Waals surface area contributed by atoms with Crippen LogP contribution < -0.4 is 4.90 Å². The van der Waals surface area contributed by atoms with Crippen molar-refractivity contribution >= 4 is 28.6 Å². The Labute approximate surface area is 105 Å². The van der Waals surface area contributed by atoms with Crippen LogP contribution >= 0.6 is 11.6 Å². The van der Waals surface area contributed by atoms with Gasteiger partial charge in [-0.3, -0.25) is 0 Å². The summed E-state index contributed by atoms with van der Waals surface area (Å²) in [4.78, 5) is 15.4. The largest absolute Gasteiger partial charge is 0.355 e. The highest BCUT2D eigenvalue weighted by Gasteiger charge is 2.13. The number of aromatic nitrogens is 3. The maximum absolute atomic E-state index is 5.86. The van der Waals surface area contributed by atoms with Crippen molar-refractivity contribution in [3.63, 3.8) is 0 Å². The lowest BCUT2D eigenvalue weighted by Crippen LogP contribution is -2.30. The third kappa shape index (κ3) is 2.17. The van der Waals surface area contributed by atoms with Gasteiger partial charge in [0, 0.05) is 13.1 Å². The normalized spacial score (nSPS) is 16.4. The van der Waals surface area contributed by atoms with Crippen molar-refractivity contribution in [1.29, 1.82) is 0 Å². The molecule has 1 saturated heterocycles. The Hall–Kier alpha value is -1.42. The standard InChI is InChI=1S/C12H13ClN4/c13-10-5-4-9-12(15-10)16-11(8-14-9)17-6-2-1-3-7-17/h4-5,8H,1-3,6-7H2. The van der Waals surface area contributed by atoms with E-state index in [1.165, 1.54) is 19.3 Å². The summed E-state index contributed by atoms with van der Waals surface area (Å²) < 4.78 is 0. The first-order chi connectivity index (χ1) is 8.33. The summed E-state index contributed by atoms with van der Waals surface area (Å²) in [6, 6.07) is 3.58. The fourth-order valence-corrected chi connectivity index (χ4v) is 2.28. The average molecular weight is 249 g/mol. The second-order valence-electron chi connectivity index (χ2n) is 4.25. The molecular weight excluding hydrogens is 236 g/mol. The van der Waals surface area contributed by atoms with Crippen molar-refractivity contribution in [2.45, 2.75) is 19.3 Å². The lowest BCUT2D eigenvalue weighted by molar-refractivity contribution is 0.573. The zero-order valence-electron chi connectivity index (χ0n) is 9.43. The number of piperidine rings is 1. The Bertz CT molecular complexity index is 537. The van der Waals surface area contributed by atoms with Crippen LogP contribution in [-0.4, -0.2) is 28.0 Å². The van der Waals surface area contributed by atoms with E-state index in [1.54, 1.807) is 6.07 Å². The zero-order valence-corrected chi connectivity index (χ0v) is 10.2. The predicted molar refractivity (Wildman–Crippen MR) is 68.4 cm³/mol. The summed E-state index contributed by atoms with van der Waals surface area (Å²) in [6.45, 7) is 2.11. The molecule has 2 aromatic heterocycles. The number of pyridine rings is 1. The monoisotopic (exact) mass is 248 g/mol. The van der Waals surface area contributed by atoms with Gasteiger partial charge in [0.15, 0.2) is 5.65 Å². The molecule has 17 heavy (non-hydrogen) atoms. The zero-order chi connectivity index (χ0) is 11.7. The number of hydrogen-bond donors (Lipinski definition) is 0. The topological polar surface area (TPSA) is 41.9 Å². The molecule has 4 nitrogen and oxygen atoms in total. The van der Waals surface area contributed by atoms with Crippen LogP contribution in [0.3, 0.4) is 0 Å². The average Bonchev–Trinajstić information content (AvgIpc) is 2.39. The molecule has 1 fully saturated rings. The Morgan fingerprint density at radius 1 is 1.06 bits per heavy atom. The Morgan fingerprint density at radius 2 is 1.88 bits per heavy atom. The predicted octanol–water partition coefficient (Wildman–Crippen LogP) is 2.67. The first-order valence-corrected chi connectivity index (χ1v) is 6.25. The van der Waals surface area contributed by atoms with E-state index in [0.717, 1.165) is 24.4 Å². The second kappa shape index (κ2) is 4.45. The molecule has 0 bridgehead atoms. The maximum atomic E-state index is 5.86. The number of rotatable bonds is 1. The molecule has 2 aromatic rings. The highest BCUT2D eigenvalue weighted by atomic mass is 35.5. The summed E-state index contributed by atoms with van der Waals surface area (Å²) >= 11 is 5.86. The summed E-state index contributed by atoms with van der Waals surface area (Å²) in [7, 11) is 0. The molecule has 1 aliphatic rings. The van der Waals surface area contributed by atoms with Gasteiger partial charge in [-0.15, -0.1) is 0 Å². The first-order valence-electron chi connectivity index (χ1n) is 5.87. The van der Waals surface area contributed by atoms with E-state index in [4.69, 9.17) is 11.6 Å². The van der Waals surface area contributed by atoms with Crippen LogP contribution in [0.1, 0.15) is 19.3 Å². The number of halogens is 1. The van der Waals surface area contributed by atoms with Crippen LogP contribution in [0.25, 0.3) is 11.2 Å². The minimum absolute atomic E-state index is 0.461. The molecule has 0 N–H and O–H groups in total. The van der Waals surface area contributed by atoms with E-state index in [1.807, 2.05) is 12.3 Å². The van der Waals surface area contributed by atoms with E-state index >= 15 is 0 Å². The molecule has 3 heterocycles. The fraction of sp³-hybridized carbons (Fsp3) is 0.417. The molecule has 0 amide bonds. The van der Waals surface area contributed by atoms with Gasteiger partial charge in [0.25, 0.3) is 0 Å². The molecule has 0 unspecified atom stereocenters. The van der Waals surface area contributed by atoms with Crippen LogP contribution in [0.5, 0.6) is 0 Å². The van der Waals surface area contributed by atoms with Crippen LogP contribution in [0, 0.1) is 0 Å². The third-order valence-electron chi connectivity index (χ3n) is 3.04. The maximum Gasteiger partial charge on any atom is 0.181 e. The van der Waals surface area contributed by atoms with Gasteiger partial charge in [-0.1, -0.05) is 11.6 Å². The molecule has 0 aromatic carbocycles. The number of nitrogens with zero attached hydrogens (tertiary/aromatic N) is 4. The van der Waals surface area contributed by atoms with Crippen molar-refractivity contribution in [2.75, 3.05) is 18.0 Å². The van der Waals surface area contributed by atoms with Gasteiger partial charge in [-0.25, -0.2) is 15.0 Å². The van der Waals surface area contributed by atoms with Crippen molar-refractivity contribution in [3.8, 4) is 0 Å². The van der Waals surface area contributed by atoms with E-state index < -0.39 is 0 Å². The smallest absolute Gasteiger partial charge is 0.181 e. The first kappa shape index (κ1) is 10.7. The molecule has 1 aliphatic heterocycles. The van der Waals surface area contributed by atoms with E-state index in [0.29, 0.717) is 10.8 Å². The second-order valence-corrected chi connectivity index (χ2v) is 4.64. The number of anilines is 1. The minimum atomic E-state index is 0.461. The van der Waals surface area contributed by atoms with Gasteiger partial charge < -0.3 is 4.90 Å². The molecule has 3 rings (SSSR count). The fourth-order valence-electron chi connectivity index (χ4n) is 2.14. The van der Waals surface area contributed by atoms with Gasteiger partial charge in [-0.2, -0.15) is 0 Å². The molecule has 0 atom stereocenters. The van der Waals surface area contributed by atoms with Crippen molar-refractivity contribution in [1.82, 2.24) is 15.0 Å². The Balaban J connectivity index is 1.99. The van der Waals surface area contributed by atoms with Crippen molar-refractivity contribution in [2.24, 2.45) is 0 Å². The molecule has 0 saturated carbocycles. The quantitative estimate of drug-likeness (QED) is 0.728. The van der Waals surface area contributed by atoms with Gasteiger partial charge in [0.1, 0.15) is 16.5 Å². The van der Waals surface area contributed by atoms with Crippen LogP contribution in [0.15, 0.2) is 18.3 Å². The molecule has 0 radical (unpaired) electrons. The minimum Gasteiger partial charge on any atom is -0.355 e. The van der Waals surface area contributed by atoms with Crippen molar-refractivity contribution in [3.05, 3.63) is 23.5 Å². The SMILES string of the molecule is Clc1ccc2ncc(N3CCCCC3)nc2n1. The van der Waals surface area contributed by atoms with E-state index in [9.17, 15) is 0 Å². The lowest BCUT2D eigenvalue weighted by Gasteiger charge is -2.27. The van der Waals surface area contributed by atoms with Crippen molar-refractivity contribution < 1.29 is 0 Å². The summed E-state index contributed by atoms with van der Waals surface area (Å²) in [6.07, 6.45) is 5.58. The highest BCUT2D eigenvalue weighted by molar-refractivity contribution is 6.29. The molecule has 0 spiro atoms. The van der Waals surface area contributed by atoms with Gasteiger partial charge in [0.2, 0.25) is 0 Å². The molecule has 5 heteroatoms. The van der Waals surface area contributed by atoms with Crippen LogP contribution in [0.4, 0.5) is 5.82 Å². The van der Waals surface area contributed by atoms with Gasteiger partial charge >= 0.3 is 0 Å². The summed E-state index contributed by atoms with van der Waals surface area (Å²) in [5, 5.41) is 0.461. The van der Waals surface area contributed by atoms with Gasteiger partial charge in [-0.05, 0) is 31.4 Å². The third-order valence-corrected chi connectivity index (χ3v) is 3.25. The summed E-state index contributed by atoms with van der Waals surface area (Å²) in [5.41, 5.74) is 1.41. The number of fused-ring (bicyclic) bond motifs is 1. The summed E-state index contributed by atoms with van der Waals surface area (Å²) in [5.74, 6) is 0.909. The molecular formula is C12H13ClN4. The Kier molecular flexibility index (Phi) is 2.81. The number of hydrogen-bond acceptors (Lipinski definition) is 4.